The normalized spacial score (nSPS) is 10.7. The number of carbonyl (C=O) groups excluding carboxylic acids is 1. The molecule has 0 saturated carbocycles. The summed E-state index contributed by atoms with van der Waals surface area (Å²) >= 11 is 0. The number of rotatable bonds is 4. The first kappa shape index (κ1) is 13.9. The van der Waals surface area contributed by atoms with Crippen LogP contribution < -0.4 is 4.90 Å². The molecule has 3 nitrogen and oxygen atoms in total. The number of hydrogen-bond acceptors (Lipinski definition) is 3. The lowest BCUT2D eigenvalue weighted by molar-refractivity contribution is 0.104. The van der Waals surface area contributed by atoms with Gasteiger partial charge in [-0.3, -0.25) is 4.79 Å². The quantitative estimate of drug-likeness (QED) is 0.682. The van der Waals surface area contributed by atoms with Gasteiger partial charge in [-0.05, 0) is 48.0 Å². The van der Waals surface area contributed by atoms with E-state index in [0.29, 0.717) is 5.56 Å². The first-order valence-electron chi connectivity index (χ1n) is 6.35. The van der Waals surface area contributed by atoms with Crippen LogP contribution in [0.2, 0.25) is 0 Å². The topological polar surface area (TPSA) is 40.5 Å². The van der Waals surface area contributed by atoms with Crippen molar-refractivity contribution < 1.29 is 9.90 Å². The molecule has 2 aromatic carbocycles. The predicted molar refractivity (Wildman–Crippen MR) is 82.2 cm³/mol. The van der Waals surface area contributed by atoms with Crippen LogP contribution in [0.25, 0.3) is 6.08 Å². The van der Waals surface area contributed by atoms with E-state index in [1.165, 1.54) is 18.2 Å². The van der Waals surface area contributed by atoms with Crippen LogP contribution in [0.1, 0.15) is 15.9 Å². The van der Waals surface area contributed by atoms with Crippen molar-refractivity contribution in [3.8, 4) is 5.75 Å². The number of nitrogens with zero attached hydrogens (tertiary/aromatic N) is 1. The highest BCUT2D eigenvalue weighted by Gasteiger charge is 2.01. The SMILES string of the molecule is CN(C)c1ccc(/C=C/C(=O)c2ccc(O)cc2)cc1. The molecule has 102 valence electrons. The van der Waals surface area contributed by atoms with Crippen molar-refractivity contribution in [2.75, 3.05) is 19.0 Å². The minimum atomic E-state index is -0.0818. The summed E-state index contributed by atoms with van der Waals surface area (Å²) in [6.45, 7) is 0. The Kier molecular flexibility index (Phi) is 4.20. The van der Waals surface area contributed by atoms with Gasteiger partial charge in [-0.2, -0.15) is 0 Å². The first-order valence-corrected chi connectivity index (χ1v) is 6.35. The van der Waals surface area contributed by atoms with Crippen LogP contribution in [0.3, 0.4) is 0 Å². The van der Waals surface area contributed by atoms with E-state index in [0.717, 1.165) is 11.3 Å². The molecule has 1 N–H and O–H groups in total. The molecule has 0 bridgehead atoms. The molecule has 0 saturated heterocycles. The molecule has 0 atom stereocenters. The van der Waals surface area contributed by atoms with Crippen LogP contribution in [-0.4, -0.2) is 25.0 Å². The third-order valence-electron chi connectivity index (χ3n) is 2.99. The van der Waals surface area contributed by atoms with Gasteiger partial charge in [0.15, 0.2) is 5.78 Å². The van der Waals surface area contributed by atoms with E-state index in [4.69, 9.17) is 0 Å². The van der Waals surface area contributed by atoms with E-state index in [1.807, 2.05) is 43.3 Å². The molecule has 0 fully saturated rings. The molecule has 2 aromatic rings. The predicted octanol–water partition coefficient (Wildman–Crippen LogP) is 3.35. The largest absolute Gasteiger partial charge is 0.508 e. The second-order valence-electron chi connectivity index (χ2n) is 4.73. The summed E-state index contributed by atoms with van der Waals surface area (Å²) in [6, 6.07) is 14.2. The maximum Gasteiger partial charge on any atom is 0.185 e. The van der Waals surface area contributed by atoms with E-state index in [-0.39, 0.29) is 11.5 Å². The van der Waals surface area contributed by atoms with Crippen LogP contribution >= 0.6 is 0 Å². The van der Waals surface area contributed by atoms with E-state index in [2.05, 4.69) is 0 Å². The Morgan fingerprint density at radius 3 is 2.15 bits per heavy atom. The standard InChI is InChI=1S/C17H17NO2/c1-18(2)15-8-3-13(4-9-15)5-12-17(20)14-6-10-16(19)11-7-14/h3-12,19H,1-2H3/b12-5+. The minimum Gasteiger partial charge on any atom is -0.508 e. The zero-order valence-corrected chi connectivity index (χ0v) is 11.6. The van der Waals surface area contributed by atoms with Gasteiger partial charge < -0.3 is 10.0 Å². The lowest BCUT2D eigenvalue weighted by Crippen LogP contribution is -2.07. The van der Waals surface area contributed by atoms with Gasteiger partial charge in [0.1, 0.15) is 5.75 Å². The van der Waals surface area contributed by atoms with Gasteiger partial charge in [0.2, 0.25) is 0 Å². The zero-order chi connectivity index (χ0) is 14.5. The smallest absolute Gasteiger partial charge is 0.185 e. The molecule has 2 rings (SSSR count). The summed E-state index contributed by atoms with van der Waals surface area (Å²) in [6.07, 6.45) is 3.33. The lowest BCUT2D eigenvalue weighted by atomic mass is 10.1. The summed E-state index contributed by atoms with van der Waals surface area (Å²) in [5.41, 5.74) is 2.65. The van der Waals surface area contributed by atoms with Gasteiger partial charge in [0.05, 0.1) is 0 Å². The molecule has 3 heteroatoms. The lowest BCUT2D eigenvalue weighted by Gasteiger charge is -2.11. The second-order valence-corrected chi connectivity index (χ2v) is 4.73. The van der Waals surface area contributed by atoms with Crippen LogP contribution in [0, 0.1) is 0 Å². The molecule has 0 radical (unpaired) electrons. The number of allylic oxidation sites excluding steroid dienone is 1. The minimum absolute atomic E-state index is 0.0818. The van der Waals surface area contributed by atoms with E-state index in [9.17, 15) is 9.90 Å². The molecular formula is C17H17NO2. The van der Waals surface area contributed by atoms with Gasteiger partial charge in [0, 0.05) is 25.3 Å². The molecule has 0 heterocycles. The molecule has 20 heavy (non-hydrogen) atoms. The Balaban J connectivity index is 2.08. The number of hydrogen-bond donors (Lipinski definition) is 1. The fourth-order valence-corrected chi connectivity index (χ4v) is 1.78. The maximum atomic E-state index is 11.9. The highest BCUT2D eigenvalue weighted by atomic mass is 16.3. The number of phenolic OH excluding ortho intramolecular Hbond substituents is 1. The van der Waals surface area contributed by atoms with Crippen LogP contribution in [-0.2, 0) is 0 Å². The molecule has 0 aliphatic heterocycles. The average molecular weight is 267 g/mol. The number of ketones is 1. The molecule has 0 aromatic heterocycles. The van der Waals surface area contributed by atoms with Crippen LogP contribution in [0.15, 0.2) is 54.6 Å². The van der Waals surface area contributed by atoms with Gasteiger partial charge in [0.25, 0.3) is 0 Å². The van der Waals surface area contributed by atoms with Crippen molar-refractivity contribution >= 4 is 17.5 Å². The van der Waals surface area contributed by atoms with Crippen molar-refractivity contribution in [1.82, 2.24) is 0 Å². The van der Waals surface area contributed by atoms with Crippen molar-refractivity contribution in [2.45, 2.75) is 0 Å². The fourth-order valence-electron chi connectivity index (χ4n) is 1.78. The zero-order valence-electron chi connectivity index (χ0n) is 11.6. The Labute approximate surface area is 118 Å². The third-order valence-corrected chi connectivity index (χ3v) is 2.99. The van der Waals surface area contributed by atoms with Crippen LogP contribution in [0.5, 0.6) is 5.75 Å². The van der Waals surface area contributed by atoms with Gasteiger partial charge >= 0.3 is 0 Å². The summed E-state index contributed by atoms with van der Waals surface area (Å²) in [5, 5.41) is 9.18. The van der Waals surface area contributed by atoms with Crippen molar-refractivity contribution in [1.29, 1.82) is 0 Å². The second kappa shape index (κ2) is 6.06. The Bertz CT molecular complexity index is 610. The number of aromatic hydroxyl groups is 1. The number of benzene rings is 2. The van der Waals surface area contributed by atoms with E-state index >= 15 is 0 Å². The molecule has 0 unspecified atom stereocenters. The number of anilines is 1. The third kappa shape index (κ3) is 3.48. The monoisotopic (exact) mass is 267 g/mol. The highest BCUT2D eigenvalue weighted by molar-refractivity contribution is 6.06. The molecule has 0 aliphatic carbocycles. The highest BCUT2D eigenvalue weighted by Crippen LogP contribution is 2.14. The summed E-state index contributed by atoms with van der Waals surface area (Å²) in [7, 11) is 3.97. The summed E-state index contributed by atoms with van der Waals surface area (Å²) < 4.78 is 0. The number of phenols is 1. The Morgan fingerprint density at radius 1 is 1.00 bits per heavy atom. The Morgan fingerprint density at radius 2 is 1.60 bits per heavy atom. The van der Waals surface area contributed by atoms with Crippen LogP contribution in [0.4, 0.5) is 5.69 Å². The fraction of sp³-hybridized carbons (Fsp3) is 0.118. The van der Waals surface area contributed by atoms with Crippen molar-refractivity contribution in [3.05, 3.63) is 65.7 Å². The first-order chi connectivity index (χ1) is 9.56. The Hall–Kier alpha value is -2.55. The van der Waals surface area contributed by atoms with Gasteiger partial charge in [-0.15, -0.1) is 0 Å². The molecule has 0 amide bonds. The summed E-state index contributed by atoms with van der Waals surface area (Å²) in [4.78, 5) is 14.0. The van der Waals surface area contributed by atoms with E-state index < -0.39 is 0 Å². The number of carbonyl (C=O) groups is 1. The molecular weight excluding hydrogens is 250 g/mol. The molecule has 0 spiro atoms. The van der Waals surface area contributed by atoms with Gasteiger partial charge in [-0.25, -0.2) is 0 Å². The summed E-state index contributed by atoms with van der Waals surface area (Å²) in [5.74, 6) is 0.0755. The maximum absolute atomic E-state index is 11.9. The average Bonchev–Trinajstić information content (AvgIpc) is 2.46. The van der Waals surface area contributed by atoms with Gasteiger partial charge in [-0.1, -0.05) is 18.2 Å². The van der Waals surface area contributed by atoms with Crippen molar-refractivity contribution in [2.24, 2.45) is 0 Å². The van der Waals surface area contributed by atoms with Crippen molar-refractivity contribution in [3.63, 3.8) is 0 Å². The van der Waals surface area contributed by atoms with E-state index in [1.54, 1.807) is 18.2 Å². The molecule has 0 aliphatic rings.